The largest absolute Gasteiger partial charge is 0.444 e. The van der Waals surface area contributed by atoms with Crippen LogP contribution >= 0.6 is 11.3 Å². The maximum absolute atomic E-state index is 12.9. The number of esters is 1. The van der Waals surface area contributed by atoms with Crippen molar-refractivity contribution < 1.29 is 19.1 Å². The van der Waals surface area contributed by atoms with Crippen LogP contribution in [0.3, 0.4) is 0 Å². The molecule has 136 valence electrons. The van der Waals surface area contributed by atoms with E-state index in [0.29, 0.717) is 31.9 Å². The van der Waals surface area contributed by atoms with Crippen LogP contribution < -0.4 is 0 Å². The summed E-state index contributed by atoms with van der Waals surface area (Å²) in [6, 6.07) is 13.0. The lowest BCUT2D eigenvalue weighted by atomic mass is 10.1. The fraction of sp³-hybridized carbons (Fsp3) is 0.300. The van der Waals surface area contributed by atoms with E-state index in [1.165, 1.54) is 11.0 Å². The molecule has 0 saturated carbocycles. The molecule has 1 aliphatic heterocycles. The Labute approximate surface area is 156 Å². The Bertz CT molecular complexity index is 778. The van der Waals surface area contributed by atoms with Crippen LogP contribution in [0.15, 0.2) is 48.5 Å². The molecule has 0 unspecified atom stereocenters. The van der Waals surface area contributed by atoms with Crippen molar-refractivity contribution in [2.24, 2.45) is 0 Å². The number of carbonyl (C=O) groups is 2. The summed E-state index contributed by atoms with van der Waals surface area (Å²) in [6.45, 7) is 4.01. The summed E-state index contributed by atoms with van der Waals surface area (Å²) in [6.07, 6.45) is 2.13. The average Bonchev–Trinajstić information content (AvgIpc) is 3.10. The van der Waals surface area contributed by atoms with Crippen molar-refractivity contribution in [3.05, 3.63) is 63.9 Å². The van der Waals surface area contributed by atoms with Crippen molar-refractivity contribution >= 4 is 29.3 Å². The van der Waals surface area contributed by atoms with Gasteiger partial charge in [0.1, 0.15) is 0 Å². The molecular formula is C20H21NO4S. The number of hydrogen-bond donors (Lipinski definition) is 0. The molecule has 0 spiro atoms. The monoisotopic (exact) mass is 371 g/mol. The maximum atomic E-state index is 12.9. The van der Waals surface area contributed by atoms with Gasteiger partial charge in [-0.3, -0.25) is 4.79 Å². The molecule has 1 fully saturated rings. The summed E-state index contributed by atoms with van der Waals surface area (Å²) in [5.41, 5.74) is 0.665. The van der Waals surface area contributed by atoms with Crippen LogP contribution in [-0.4, -0.2) is 43.1 Å². The zero-order valence-electron chi connectivity index (χ0n) is 14.6. The maximum Gasteiger partial charge on any atom is 0.331 e. The molecule has 0 bridgehead atoms. The Kier molecular flexibility index (Phi) is 6.20. The Balaban J connectivity index is 1.73. The molecule has 1 atom stereocenters. The molecule has 2 aromatic rings. The minimum Gasteiger partial charge on any atom is -0.444 e. The number of thiophene rings is 1. The minimum absolute atomic E-state index is 0.215. The fourth-order valence-corrected chi connectivity index (χ4v) is 3.47. The predicted octanol–water partition coefficient (Wildman–Crippen LogP) is 3.21. The summed E-state index contributed by atoms with van der Waals surface area (Å²) in [4.78, 5) is 29.0. The third-order valence-electron chi connectivity index (χ3n) is 4.03. The Morgan fingerprint density at radius 2 is 1.88 bits per heavy atom. The number of carbonyl (C=O) groups excluding carboxylic acids is 2. The summed E-state index contributed by atoms with van der Waals surface area (Å²) >= 11 is 1.59. The van der Waals surface area contributed by atoms with E-state index >= 15 is 0 Å². The van der Waals surface area contributed by atoms with Gasteiger partial charge in [0.25, 0.3) is 5.91 Å². The first-order valence-corrected chi connectivity index (χ1v) is 9.32. The topological polar surface area (TPSA) is 55.8 Å². The second kappa shape index (κ2) is 8.78. The van der Waals surface area contributed by atoms with Crippen LogP contribution in [0.1, 0.15) is 21.4 Å². The molecule has 1 saturated heterocycles. The van der Waals surface area contributed by atoms with E-state index in [1.54, 1.807) is 34.4 Å². The number of benzene rings is 1. The molecule has 5 nitrogen and oxygen atoms in total. The van der Waals surface area contributed by atoms with Crippen molar-refractivity contribution in [3.8, 4) is 0 Å². The first-order valence-electron chi connectivity index (χ1n) is 8.50. The van der Waals surface area contributed by atoms with Crippen LogP contribution in [0, 0.1) is 6.92 Å². The van der Waals surface area contributed by atoms with Gasteiger partial charge >= 0.3 is 5.97 Å². The zero-order valence-corrected chi connectivity index (χ0v) is 15.4. The van der Waals surface area contributed by atoms with E-state index in [2.05, 4.69) is 0 Å². The van der Waals surface area contributed by atoms with Gasteiger partial charge in [-0.15, -0.1) is 11.3 Å². The van der Waals surface area contributed by atoms with Crippen molar-refractivity contribution in [3.63, 3.8) is 0 Å². The van der Waals surface area contributed by atoms with Crippen molar-refractivity contribution in [2.45, 2.75) is 13.0 Å². The molecule has 0 radical (unpaired) electrons. The van der Waals surface area contributed by atoms with E-state index < -0.39 is 12.1 Å². The molecule has 2 heterocycles. The quantitative estimate of drug-likeness (QED) is 0.598. The minimum atomic E-state index is -0.948. The summed E-state index contributed by atoms with van der Waals surface area (Å²) in [5.74, 6) is -0.750. The third kappa shape index (κ3) is 4.80. The van der Waals surface area contributed by atoms with Crippen LogP contribution in [0.2, 0.25) is 0 Å². The highest BCUT2D eigenvalue weighted by molar-refractivity contribution is 7.12. The Morgan fingerprint density at radius 3 is 2.54 bits per heavy atom. The van der Waals surface area contributed by atoms with Crippen molar-refractivity contribution in [1.82, 2.24) is 4.90 Å². The molecule has 3 rings (SSSR count). The second-order valence-electron chi connectivity index (χ2n) is 5.95. The van der Waals surface area contributed by atoms with E-state index in [4.69, 9.17) is 9.47 Å². The number of ether oxygens (including phenoxy) is 2. The highest BCUT2D eigenvalue weighted by Gasteiger charge is 2.29. The molecule has 1 amide bonds. The van der Waals surface area contributed by atoms with Gasteiger partial charge in [-0.05, 0) is 25.1 Å². The van der Waals surface area contributed by atoms with Gasteiger partial charge in [0, 0.05) is 34.5 Å². The van der Waals surface area contributed by atoms with Gasteiger partial charge in [0.05, 0.1) is 13.2 Å². The summed E-state index contributed by atoms with van der Waals surface area (Å²) < 4.78 is 10.8. The number of rotatable bonds is 5. The van der Waals surface area contributed by atoms with E-state index in [9.17, 15) is 9.59 Å². The molecule has 1 aliphatic rings. The molecule has 6 heteroatoms. The van der Waals surface area contributed by atoms with Crippen molar-refractivity contribution in [1.29, 1.82) is 0 Å². The number of morpholine rings is 1. The highest BCUT2D eigenvalue weighted by atomic mass is 32.1. The van der Waals surface area contributed by atoms with Gasteiger partial charge in [-0.25, -0.2) is 4.79 Å². The van der Waals surface area contributed by atoms with Gasteiger partial charge in [-0.2, -0.15) is 0 Å². The molecule has 0 N–H and O–H groups in total. The van der Waals surface area contributed by atoms with Gasteiger partial charge in [-0.1, -0.05) is 30.3 Å². The lowest BCUT2D eigenvalue weighted by Gasteiger charge is -2.30. The first-order chi connectivity index (χ1) is 12.6. The van der Waals surface area contributed by atoms with Crippen LogP contribution in [0.4, 0.5) is 0 Å². The molecule has 1 aromatic carbocycles. The SMILES string of the molecule is Cc1ccc(/C=C/C(=O)O[C@@H](C(=O)N2CCOCC2)c2ccccc2)s1. The van der Waals surface area contributed by atoms with Crippen LogP contribution in [0.25, 0.3) is 6.08 Å². The van der Waals surface area contributed by atoms with Crippen LogP contribution in [0.5, 0.6) is 0 Å². The Hall–Kier alpha value is -2.44. The van der Waals surface area contributed by atoms with E-state index in [-0.39, 0.29) is 5.91 Å². The standard InChI is InChI=1S/C20H21NO4S/c1-15-7-8-17(26-15)9-10-18(22)25-19(16-5-3-2-4-6-16)20(23)21-11-13-24-14-12-21/h2-10,19H,11-14H2,1H3/b10-9+/t19-/m1/s1. The molecule has 26 heavy (non-hydrogen) atoms. The Morgan fingerprint density at radius 1 is 1.15 bits per heavy atom. The van der Waals surface area contributed by atoms with Crippen LogP contribution in [-0.2, 0) is 19.1 Å². The zero-order chi connectivity index (χ0) is 18.4. The molecule has 1 aromatic heterocycles. The molecular weight excluding hydrogens is 350 g/mol. The number of hydrogen-bond acceptors (Lipinski definition) is 5. The second-order valence-corrected chi connectivity index (χ2v) is 7.27. The van der Waals surface area contributed by atoms with E-state index in [1.807, 2.05) is 37.3 Å². The number of aryl methyl sites for hydroxylation is 1. The highest BCUT2D eigenvalue weighted by Crippen LogP contribution is 2.22. The average molecular weight is 371 g/mol. The normalized spacial score (nSPS) is 15.8. The number of amides is 1. The van der Waals surface area contributed by atoms with Gasteiger partial charge in [0.15, 0.2) is 0 Å². The fourth-order valence-electron chi connectivity index (χ4n) is 2.69. The lowest BCUT2D eigenvalue weighted by molar-refractivity contribution is -0.159. The molecule has 0 aliphatic carbocycles. The number of nitrogens with zero attached hydrogens (tertiary/aromatic N) is 1. The summed E-state index contributed by atoms with van der Waals surface area (Å²) in [7, 11) is 0. The van der Waals surface area contributed by atoms with Crippen molar-refractivity contribution in [2.75, 3.05) is 26.3 Å². The lowest BCUT2D eigenvalue weighted by Crippen LogP contribution is -2.44. The predicted molar refractivity (Wildman–Crippen MR) is 101 cm³/mol. The summed E-state index contributed by atoms with van der Waals surface area (Å²) in [5, 5.41) is 0. The first kappa shape index (κ1) is 18.4. The smallest absolute Gasteiger partial charge is 0.331 e. The third-order valence-corrected chi connectivity index (χ3v) is 4.99. The van der Waals surface area contributed by atoms with E-state index in [0.717, 1.165) is 4.88 Å². The van der Waals surface area contributed by atoms with Gasteiger partial charge in [0.2, 0.25) is 6.10 Å². The van der Waals surface area contributed by atoms with Gasteiger partial charge < -0.3 is 14.4 Å².